The summed E-state index contributed by atoms with van der Waals surface area (Å²) in [4.78, 5) is 4.55. The van der Waals surface area contributed by atoms with Gasteiger partial charge in [-0.3, -0.25) is 4.98 Å². The van der Waals surface area contributed by atoms with E-state index in [1.54, 1.807) is 0 Å². The van der Waals surface area contributed by atoms with E-state index in [0.717, 1.165) is 35.6 Å². The van der Waals surface area contributed by atoms with Crippen LogP contribution in [-0.4, -0.2) is 18.2 Å². The van der Waals surface area contributed by atoms with Crippen molar-refractivity contribution in [1.82, 2.24) is 4.98 Å². The number of hydrogen-bond donors (Lipinski definition) is 1. The van der Waals surface area contributed by atoms with Gasteiger partial charge in [-0.05, 0) is 30.5 Å². The van der Waals surface area contributed by atoms with Crippen molar-refractivity contribution in [2.75, 3.05) is 13.2 Å². The Kier molecular flexibility index (Phi) is 3.04. The molecule has 0 radical (unpaired) electrons. The van der Waals surface area contributed by atoms with Crippen molar-refractivity contribution in [2.45, 2.75) is 24.8 Å². The van der Waals surface area contributed by atoms with Crippen LogP contribution in [0.4, 0.5) is 0 Å². The van der Waals surface area contributed by atoms with Crippen LogP contribution in [0.2, 0.25) is 0 Å². The first-order valence-corrected chi connectivity index (χ1v) is 7.42. The van der Waals surface area contributed by atoms with Crippen LogP contribution in [0.15, 0.2) is 36.5 Å². The largest absolute Gasteiger partial charge is 0.486 e. The van der Waals surface area contributed by atoms with Crippen molar-refractivity contribution < 1.29 is 9.47 Å². The quantitative estimate of drug-likeness (QED) is 0.919. The lowest BCUT2D eigenvalue weighted by atomic mass is 9.90. The normalized spacial score (nSPS) is 20.9. The topological polar surface area (TPSA) is 57.4 Å². The Bertz CT molecular complexity index is 672. The third-order valence-electron chi connectivity index (χ3n) is 4.39. The fourth-order valence-electron chi connectivity index (χ4n) is 3.37. The molecule has 1 aromatic carbocycles. The van der Waals surface area contributed by atoms with E-state index in [1.807, 2.05) is 30.5 Å². The molecule has 0 bridgehead atoms. The summed E-state index contributed by atoms with van der Waals surface area (Å²) in [5.74, 6) is 1.85. The molecule has 2 aliphatic rings. The van der Waals surface area contributed by atoms with Gasteiger partial charge in [0.2, 0.25) is 0 Å². The molecule has 1 aliphatic carbocycles. The van der Waals surface area contributed by atoms with E-state index in [9.17, 15) is 0 Å². The van der Waals surface area contributed by atoms with Gasteiger partial charge in [-0.2, -0.15) is 0 Å². The molecule has 1 aliphatic heterocycles. The third kappa shape index (κ3) is 2.07. The lowest BCUT2D eigenvalue weighted by Gasteiger charge is -2.26. The van der Waals surface area contributed by atoms with Crippen molar-refractivity contribution in [3.63, 3.8) is 0 Å². The number of nitrogens with two attached hydrogens (primary N) is 1. The van der Waals surface area contributed by atoms with Gasteiger partial charge in [-0.25, -0.2) is 0 Å². The summed E-state index contributed by atoms with van der Waals surface area (Å²) in [6, 6.07) is 9.99. The molecule has 4 nitrogen and oxygen atoms in total. The second kappa shape index (κ2) is 5.04. The monoisotopic (exact) mass is 282 g/mol. The van der Waals surface area contributed by atoms with Gasteiger partial charge in [-0.15, -0.1) is 0 Å². The molecule has 21 heavy (non-hydrogen) atoms. The minimum Gasteiger partial charge on any atom is -0.486 e. The molecule has 2 atom stereocenters. The number of hydrogen-bond acceptors (Lipinski definition) is 4. The van der Waals surface area contributed by atoms with Gasteiger partial charge in [0.15, 0.2) is 11.5 Å². The maximum atomic E-state index is 6.56. The lowest BCUT2D eigenvalue weighted by Crippen LogP contribution is -2.23. The number of benzene rings is 1. The molecule has 0 fully saturated rings. The molecule has 0 spiro atoms. The summed E-state index contributed by atoms with van der Waals surface area (Å²) >= 11 is 0. The van der Waals surface area contributed by atoms with Crippen molar-refractivity contribution in [1.29, 1.82) is 0 Å². The average molecular weight is 282 g/mol. The fourth-order valence-corrected chi connectivity index (χ4v) is 3.37. The first-order chi connectivity index (χ1) is 10.3. The third-order valence-corrected chi connectivity index (χ3v) is 4.39. The maximum absolute atomic E-state index is 6.56. The van der Waals surface area contributed by atoms with Crippen molar-refractivity contribution in [3.8, 4) is 11.5 Å². The molecule has 2 unspecified atom stereocenters. The minimum atomic E-state index is -0.113. The van der Waals surface area contributed by atoms with Crippen LogP contribution in [-0.2, 0) is 6.42 Å². The van der Waals surface area contributed by atoms with Crippen LogP contribution in [0, 0.1) is 0 Å². The highest BCUT2D eigenvalue weighted by atomic mass is 16.6. The van der Waals surface area contributed by atoms with Gasteiger partial charge < -0.3 is 15.2 Å². The highest BCUT2D eigenvalue weighted by Crippen LogP contribution is 2.44. The number of fused-ring (bicyclic) bond motifs is 2. The number of para-hydroxylation sites is 1. The number of aryl methyl sites for hydroxylation is 1. The Morgan fingerprint density at radius 3 is 3.00 bits per heavy atom. The smallest absolute Gasteiger partial charge is 0.166 e. The van der Waals surface area contributed by atoms with E-state index in [1.165, 1.54) is 5.56 Å². The van der Waals surface area contributed by atoms with E-state index >= 15 is 0 Å². The number of ether oxygens (including phenoxy) is 2. The molecule has 2 N–H and O–H groups in total. The predicted octanol–water partition coefficient (Wildman–Crippen LogP) is 2.58. The molecule has 0 saturated carbocycles. The zero-order chi connectivity index (χ0) is 14.2. The Morgan fingerprint density at radius 2 is 2.05 bits per heavy atom. The second-order valence-corrected chi connectivity index (χ2v) is 5.59. The van der Waals surface area contributed by atoms with Crippen LogP contribution in [0.5, 0.6) is 11.5 Å². The number of nitrogens with zero attached hydrogens (tertiary/aromatic N) is 1. The van der Waals surface area contributed by atoms with Crippen molar-refractivity contribution >= 4 is 0 Å². The van der Waals surface area contributed by atoms with Crippen LogP contribution in [0.1, 0.15) is 35.2 Å². The standard InChI is InChI=1S/C17H18N2O2/c18-15(12-7-6-11-3-2-8-19-16(11)12)13-4-1-5-14-17(13)21-10-9-20-14/h1-5,8,12,15H,6-7,9-10,18H2. The molecule has 0 saturated heterocycles. The van der Waals surface area contributed by atoms with Gasteiger partial charge in [0.1, 0.15) is 13.2 Å². The molecule has 0 amide bonds. The van der Waals surface area contributed by atoms with Crippen LogP contribution in [0.25, 0.3) is 0 Å². The predicted molar refractivity (Wildman–Crippen MR) is 79.7 cm³/mol. The first kappa shape index (κ1) is 12.7. The van der Waals surface area contributed by atoms with E-state index in [4.69, 9.17) is 15.2 Å². The van der Waals surface area contributed by atoms with E-state index in [0.29, 0.717) is 13.2 Å². The van der Waals surface area contributed by atoms with E-state index < -0.39 is 0 Å². The lowest BCUT2D eigenvalue weighted by molar-refractivity contribution is 0.168. The van der Waals surface area contributed by atoms with Crippen LogP contribution >= 0.6 is 0 Å². The Labute approximate surface area is 123 Å². The Hall–Kier alpha value is -2.07. The fraction of sp³-hybridized carbons (Fsp3) is 0.353. The summed E-state index contributed by atoms with van der Waals surface area (Å²) in [7, 11) is 0. The molecule has 1 aromatic heterocycles. The van der Waals surface area contributed by atoms with Crippen molar-refractivity contribution in [2.24, 2.45) is 5.73 Å². The zero-order valence-corrected chi connectivity index (χ0v) is 11.8. The zero-order valence-electron chi connectivity index (χ0n) is 11.8. The van der Waals surface area contributed by atoms with E-state index in [2.05, 4.69) is 11.1 Å². The first-order valence-electron chi connectivity index (χ1n) is 7.42. The number of pyridine rings is 1. The summed E-state index contributed by atoms with van der Waals surface area (Å²) in [5.41, 5.74) is 10.0. The Morgan fingerprint density at radius 1 is 1.14 bits per heavy atom. The highest BCUT2D eigenvalue weighted by Gasteiger charge is 2.32. The SMILES string of the molecule is NC(c1cccc2c1OCCO2)C1CCc2cccnc21. The molecule has 4 rings (SSSR count). The average Bonchev–Trinajstić information content (AvgIpc) is 2.98. The minimum absolute atomic E-state index is 0.113. The molecule has 4 heteroatoms. The molecule has 2 aromatic rings. The molecule has 108 valence electrons. The number of aromatic nitrogens is 1. The van der Waals surface area contributed by atoms with Gasteiger partial charge in [0.25, 0.3) is 0 Å². The second-order valence-electron chi connectivity index (χ2n) is 5.59. The summed E-state index contributed by atoms with van der Waals surface area (Å²) in [5, 5.41) is 0. The van der Waals surface area contributed by atoms with Crippen LogP contribution in [0.3, 0.4) is 0 Å². The van der Waals surface area contributed by atoms with Gasteiger partial charge >= 0.3 is 0 Å². The van der Waals surface area contributed by atoms with Gasteiger partial charge in [0, 0.05) is 29.4 Å². The summed E-state index contributed by atoms with van der Waals surface area (Å²) in [6.07, 6.45) is 3.94. The molecular weight excluding hydrogens is 264 g/mol. The van der Waals surface area contributed by atoms with Crippen LogP contribution < -0.4 is 15.2 Å². The summed E-state index contributed by atoms with van der Waals surface area (Å²) in [6.45, 7) is 1.18. The molecule has 2 heterocycles. The molecular formula is C17H18N2O2. The highest BCUT2D eigenvalue weighted by molar-refractivity contribution is 5.50. The Balaban J connectivity index is 1.72. The summed E-state index contributed by atoms with van der Waals surface area (Å²) < 4.78 is 11.4. The van der Waals surface area contributed by atoms with Gasteiger partial charge in [-0.1, -0.05) is 18.2 Å². The van der Waals surface area contributed by atoms with E-state index in [-0.39, 0.29) is 12.0 Å². The van der Waals surface area contributed by atoms with Gasteiger partial charge in [0.05, 0.1) is 0 Å². The van der Waals surface area contributed by atoms with Crippen molar-refractivity contribution in [3.05, 3.63) is 53.3 Å². The maximum Gasteiger partial charge on any atom is 0.166 e. The number of rotatable bonds is 2.